The molecule has 3 heteroatoms. The first kappa shape index (κ1) is 28.7. The van der Waals surface area contributed by atoms with E-state index in [0.717, 1.165) is 55.6 Å². The van der Waals surface area contributed by atoms with Gasteiger partial charge in [-0.2, -0.15) is 0 Å². The highest BCUT2D eigenvalue weighted by Crippen LogP contribution is 2.62. The molecule has 1 aliphatic carbocycles. The van der Waals surface area contributed by atoms with Crippen LogP contribution in [0.4, 0.5) is 0 Å². The Morgan fingerprint density at radius 2 is 1.02 bits per heavy atom. The van der Waals surface area contributed by atoms with Crippen LogP contribution in [0.2, 0.25) is 0 Å². The number of rotatable bonds is 3. The van der Waals surface area contributed by atoms with Gasteiger partial charge < -0.3 is 4.42 Å². The van der Waals surface area contributed by atoms with Crippen molar-refractivity contribution >= 4 is 33.7 Å². The number of para-hydroxylation sites is 1. The molecule has 1 aliphatic heterocycles. The first-order chi connectivity index (χ1) is 25.3. The van der Waals surface area contributed by atoms with Crippen molar-refractivity contribution in [2.75, 3.05) is 0 Å². The summed E-state index contributed by atoms with van der Waals surface area (Å²) in [6, 6.07) is 63.4. The van der Waals surface area contributed by atoms with Gasteiger partial charge in [-0.15, -0.1) is 0 Å². The van der Waals surface area contributed by atoms with E-state index in [1.54, 1.807) is 0 Å². The molecule has 238 valence electrons. The summed E-state index contributed by atoms with van der Waals surface area (Å²) < 4.78 is 7.01. The number of furan rings is 1. The molecule has 2 aliphatic rings. The van der Waals surface area contributed by atoms with Gasteiger partial charge in [-0.1, -0.05) is 151 Å². The Morgan fingerprint density at radius 3 is 1.76 bits per heavy atom. The van der Waals surface area contributed by atoms with E-state index in [-0.39, 0.29) is 0 Å². The van der Waals surface area contributed by atoms with E-state index >= 15 is 0 Å². The molecule has 0 fully saturated rings. The third-order valence-electron chi connectivity index (χ3n) is 10.7. The van der Waals surface area contributed by atoms with Crippen LogP contribution in [-0.4, -0.2) is 4.98 Å². The van der Waals surface area contributed by atoms with Gasteiger partial charge in [0.1, 0.15) is 11.2 Å². The molecule has 9 aromatic rings. The number of aromatic nitrogens is 1. The summed E-state index contributed by atoms with van der Waals surface area (Å²) in [5.74, 6) is 0. The van der Waals surface area contributed by atoms with Crippen molar-refractivity contribution in [2.24, 2.45) is 0 Å². The molecule has 2 aromatic heterocycles. The van der Waals surface area contributed by atoms with E-state index in [0.29, 0.717) is 0 Å². The van der Waals surface area contributed by atoms with Crippen LogP contribution in [-0.2, 0) is 5.41 Å². The van der Waals surface area contributed by atoms with Gasteiger partial charge in [-0.25, -0.2) is 4.98 Å². The lowest BCUT2D eigenvalue weighted by Gasteiger charge is -2.39. The van der Waals surface area contributed by atoms with Crippen LogP contribution in [0.1, 0.15) is 22.3 Å². The molecule has 11 rings (SSSR count). The fourth-order valence-corrected chi connectivity index (χ4v) is 9.78. The molecular formula is C48H29NOS. The molecular weight excluding hydrogens is 639 g/mol. The summed E-state index contributed by atoms with van der Waals surface area (Å²) in [5.41, 5.74) is 15.3. The lowest BCUT2D eigenvalue weighted by molar-refractivity contribution is 0.663. The zero-order valence-corrected chi connectivity index (χ0v) is 28.3. The monoisotopic (exact) mass is 667 g/mol. The summed E-state index contributed by atoms with van der Waals surface area (Å²) >= 11 is 1.87. The van der Waals surface area contributed by atoms with Gasteiger partial charge in [-0.05, 0) is 80.9 Å². The summed E-state index contributed by atoms with van der Waals surface area (Å²) in [6.07, 6.45) is 0. The summed E-state index contributed by atoms with van der Waals surface area (Å²) in [6.45, 7) is 0. The van der Waals surface area contributed by atoms with E-state index in [2.05, 4.69) is 170 Å². The minimum absolute atomic E-state index is 0.448. The van der Waals surface area contributed by atoms with E-state index in [4.69, 9.17) is 9.40 Å². The molecule has 0 saturated carbocycles. The molecule has 0 radical (unpaired) electrons. The summed E-state index contributed by atoms with van der Waals surface area (Å²) in [4.78, 5) is 7.82. The van der Waals surface area contributed by atoms with Gasteiger partial charge >= 0.3 is 0 Å². The van der Waals surface area contributed by atoms with Crippen LogP contribution in [0.25, 0.3) is 66.7 Å². The SMILES string of the molecule is c1ccc(-c2cc(-c3ccccc3)nc(-c3cccc4c3oc3cc5c(cc34)Sc3ccccc3C53c4ccccc4-c4ccccc43)c2)cc1. The average molecular weight is 668 g/mol. The Labute approximate surface area is 300 Å². The molecule has 1 spiro atoms. The Bertz CT molecular complexity index is 2730. The van der Waals surface area contributed by atoms with Crippen molar-refractivity contribution in [1.29, 1.82) is 0 Å². The Kier molecular flexibility index (Phi) is 6.14. The quantitative estimate of drug-likeness (QED) is 0.188. The van der Waals surface area contributed by atoms with Gasteiger partial charge in [0, 0.05) is 31.7 Å². The first-order valence-electron chi connectivity index (χ1n) is 17.4. The predicted molar refractivity (Wildman–Crippen MR) is 209 cm³/mol. The number of fused-ring (bicyclic) bond motifs is 12. The van der Waals surface area contributed by atoms with Crippen molar-refractivity contribution < 1.29 is 4.42 Å². The van der Waals surface area contributed by atoms with Crippen LogP contribution in [0, 0.1) is 0 Å². The van der Waals surface area contributed by atoms with E-state index in [1.807, 2.05) is 17.8 Å². The third-order valence-corrected chi connectivity index (χ3v) is 11.9. The standard InChI is InChI=1S/C48H29NOS/c1-3-14-30(15-4-1)32-26-42(31-16-5-2-6-17-31)49-43(27-32)36-21-13-20-35-37-28-46-41(29-44(37)50-47(35)36)48(40-24-11-12-25-45(40)51-46)38-22-9-7-18-33(38)34-19-8-10-23-39(34)48/h1-29H. The Morgan fingerprint density at radius 1 is 0.412 bits per heavy atom. The predicted octanol–water partition coefficient (Wildman–Crippen LogP) is 12.8. The first-order valence-corrected chi connectivity index (χ1v) is 18.2. The highest BCUT2D eigenvalue weighted by atomic mass is 32.2. The molecule has 0 saturated heterocycles. The molecule has 2 nitrogen and oxygen atoms in total. The second kappa shape index (κ2) is 10.9. The minimum atomic E-state index is -0.448. The second-order valence-electron chi connectivity index (χ2n) is 13.4. The zero-order valence-electron chi connectivity index (χ0n) is 27.5. The lowest BCUT2D eigenvalue weighted by Crippen LogP contribution is -2.31. The fourth-order valence-electron chi connectivity index (χ4n) is 8.57. The highest BCUT2D eigenvalue weighted by Gasteiger charge is 2.50. The van der Waals surface area contributed by atoms with Crippen molar-refractivity contribution in [3.05, 3.63) is 198 Å². The van der Waals surface area contributed by atoms with E-state index in [1.165, 1.54) is 43.2 Å². The largest absolute Gasteiger partial charge is 0.455 e. The van der Waals surface area contributed by atoms with E-state index in [9.17, 15) is 0 Å². The maximum Gasteiger partial charge on any atom is 0.144 e. The molecule has 3 heterocycles. The number of pyridine rings is 1. The summed E-state index contributed by atoms with van der Waals surface area (Å²) in [7, 11) is 0. The normalized spacial score (nSPS) is 13.6. The smallest absolute Gasteiger partial charge is 0.144 e. The van der Waals surface area contributed by atoms with Gasteiger partial charge in [0.2, 0.25) is 0 Å². The number of hydrogen-bond donors (Lipinski definition) is 0. The molecule has 0 amide bonds. The highest BCUT2D eigenvalue weighted by molar-refractivity contribution is 7.99. The van der Waals surface area contributed by atoms with Crippen molar-refractivity contribution in [2.45, 2.75) is 15.2 Å². The lowest BCUT2D eigenvalue weighted by atomic mass is 9.67. The van der Waals surface area contributed by atoms with Crippen LogP contribution in [0.3, 0.4) is 0 Å². The average Bonchev–Trinajstić information content (AvgIpc) is 3.71. The number of hydrogen-bond acceptors (Lipinski definition) is 3. The number of nitrogens with zero attached hydrogens (tertiary/aromatic N) is 1. The fraction of sp³-hybridized carbons (Fsp3) is 0.0208. The molecule has 0 bridgehead atoms. The van der Waals surface area contributed by atoms with Crippen LogP contribution >= 0.6 is 11.8 Å². The van der Waals surface area contributed by atoms with Crippen LogP contribution < -0.4 is 0 Å². The van der Waals surface area contributed by atoms with Gasteiger partial charge in [0.05, 0.1) is 16.8 Å². The third kappa shape index (κ3) is 4.10. The Hall–Kier alpha value is -6.16. The van der Waals surface area contributed by atoms with Crippen molar-refractivity contribution in [1.82, 2.24) is 4.98 Å². The van der Waals surface area contributed by atoms with Crippen LogP contribution in [0.15, 0.2) is 190 Å². The topological polar surface area (TPSA) is 26.0 Å². The molecule has 0 N–H and O–H groups in total. The minimum Gasteiger partial charge on any atom is -0.455 e. The van der Waals surface area contributed by atoms with Gasteiger partial charge in [-0.3, -0.25) is 0 Å². The Balaban J connectivity index is 1.18. The van der Waals surface area contributed by atoms with Gasteiger partial charge in [0.15, 0.2) is 0 Å². The summed E-state index contributed by atoms with van der Waals surface area (Å²) in [5, 5.41) is 2.22. The molecule has 7 aromatic carbocycles. The molecule has 0 atom stereocenters. The second-order valence-corrected chi connectivity index (χ2v) is 14.5. The zero-order chi connectivity index (χ0) is 33.5. The van der Waals surface area contributed by atoms with E-state index < -0.39 is 5.41 Å². The molecule has 0 unspecified atom stereocenters. The maximum absolute atomic E-state index is 7.01. The van der Waals surface area contributed by atoms with Crippen LogP contribution in [0.5, 0.6) is 0 Å². The molecule has 51 heavy (non-hydrogen) atoms. The maximum atomic E-state index is 7.01. The van der Waals surface area contributed by atoms with Crippen molar-refractivity contribution in [3.8, 4) is 44.8 Å². The van der Waals surface area contributed by atoms with Crippen molar-refractivity contribution in [3.63, 3.8) is 0 Å². The van der Waals surface area contributed by atoms with Gasteiger partial charge in [0.25, 0.3) is 0 Å². The number of benzene rings is 7.